The lowest BCUT2D eigenvalue weighted by atomic mass is 10.2. The van der Waals surface area contributed by atoms with Gasteiger partial charge in [-0.25, -0.2) is 0 Å². The van der Waals surface area contributed by atoms with E-state index in [-0.39, 0.29) is 12.5 Å². The molecule has 4 nitrogen and oxygen atoms in total. The lowest BCUT2D eigenvalue weighted by Gasteiger charge is -2.03. The van der Waals surface area contributed by atoms with Gasteiger partial charge in [0.1, 0.15) is 0 Å². The van der Waals surface area contributed by atoms with E-state index < -0.39 is 0 Å². The van der Waals surface area contributed by atoms with Crippen LogP contribution < -0.4 is 11.1 Å². The molecule has 0 aliphatic carbocycles. The van der Waals surface area contributed by atoms with Crippen LogP contribution in [-0.2, 0) is 4.79 Å². The van der Waals surface area contributed by atoms with Crippen LogP contribution in [0.5, 0.6) is 0 Å². The second-order valence-corrected chi connectivity index (χ2v) is 3.38. The zero-order chi connectivity index (χ0) is 10.6. The summed E-state index contributed by atoms with van der Waals surface area (Å²) in [6.45, 7) is 1.58. The number of aliphatic hydroxyl groups is 1. The summed E-state index contributed by atoms with van der Waals surface area (Å²) in [6.07, 6.45) is 5.15. The van der Waals surface area contributed by atoms with E-state index in [2.05, 4.69) is 5.32 Å². The SMILES string of the molecule is NCCCCCC(=O)NCCCCO. The zero-order valence-corrected chi connectivity index (χ0v) is 8.80. The minimum Gasteiger partial charge on any atom is -0.396 e. The summed E-state index contributed by atoms with van der Waals surface area (Å²) in [5.41, 5.74) is 5.33. The number of nitrogens with two attached hydrogens (primary N) is 1. The van der Waals surface area contributed by atoms with Gasteiger partial charge < -0.3 is 16.2 Å². The van der Waals surface area contributed by atoms with Crippen molar-refractivity contribution in [2.75, 3.05) is 19.7 Å². The fourth-order valence-electron chi connectivity index (χ4n) is 1.16. The van der Waals surface area contributed by atoms with E-state index in [1.54, 1.807) is 0 Å². The number of hydrogen-bond acceptors (Lipinski definition) is 3. The molecular weight excluding hydrogens is 180 g/mol. The van der Waals surface area contributed by atoms with Gasteiger partial charge in [0, 0.05) is 19.6 Å². The van der Waals surface area contributed by atoms with Gasteiger partial charge in [-0.1, -0.05) is 6.42 Å². The molecule has 0 spiro atoms. The van der Waals surface area contributed by atoms with Gasteiger partial charge in [0.25, 0.3) is 0 Å². The van der Waals surface area contributed by atoms with E-state index in [4.69, 9.17) is 10.8 Å². The van der Waals surface area contributed by atoms with Crippen LogP contribution in [-0.4, -0.2) is 30.7 Å². The van der Waals surface area contributed by atoms with Crippen LogP contribution in [0.25, 0.3) is 0 Å². The molecule has 14 heavy (non-hydrogen) atoms. The van der Waals surface area contributed by atoms with Crippen LogP contribution >= 0.6 is 0 Å². The Balaban J connectivity index is 3.11. The number of unbranched alkanes of at least 4 members (excludes halogenated alkanes) is 3. The number of aliphatic hydroxyl groups excluding tert-OH is 1. The molecule has 0 aliphatic rings. The molecule has 0 aromatic rings. The van der Waals surface area contributed by atoms with Crippen molar-refractivity contribution in [1.82, 2.24) is 5.32 Å². The summed E-state index contributed by atoms with van der Waals surface area (Å²) in [5.74, 6) is 0.111. The zero-order valence-electron chi connectivity index (χ0n) is 8.80. The Labute approximate surface area is 85.9 Å². The summed E-state index contributed by atoms with van der Waals surface area (Å²) in [4.78, 5) is 11.2. The van der Waals surface area contributed by atoms with Crippen molar-refractivity contribution >= 4 is 5.91 Å². The number of rotatable bonds is 9. The predicted molar refractivity (Wildman–Crippen MR) is 56.9 cm³/mol. The number of hydrogen-bond donors (Lipinski definition) is 3. The van der Waals surface area contributed by atoms with Crippen molar-refractivity contribution in [2.45, 2.75) is 38.5 Å². The Morgan fingerprint density at radius 2 is 1.93 bits per heavy atom. The Kier molecular flexibility index (Phi) is 10.0. The molecule has 0 atom stereocenters. The van der Waals surface area contributed by atoms with Crippen molar-refractivity contribution in [1.29, 1.82) is 0 Å². The highest BCUT2D eigenvalue weighted by molar-refractivity contribution is 5.75. The lowest BCUT2D eigenvalue weighted by Crippen LogP contribution is -2.24. The number of carbonyl (C=O) groups excluding carboxylic acids is 1. The van der Waals surface area contributed by atoms with Gasteiger partial charge >= 0.3 is 0 Å². The molecular formula is C10H22N2O2. The number of carbonyl (C=O) groups is 1. The van der Waals surface area contributed by atoms with Crippen molar-refractivity contribution in [3.05, 3.63) is 0 Å². The first-order valence-corrected chi connectivity index (χ1v) is 5.39. The van der Waals surface area contributed by atoms with Crippen LogP contribution in [0.1, 0.15) is 38.5 Å². The topological polar surface area (TPSA) is 75.4 Å². The summed E-state index contributed by atoms with van der Waals surface area (Å²) < 4.78 is 0. The molecule has 0 aliphatic heterocycles. The van der Waals surface area contributed by atoms with Crippen molar-refractivity contribution < 1.29 is 9.90 Å². The molecule has 0 fully saturated rings. The smallest absolute Gasteiger partial charge is 0.219 e. The van der Waals surface area contributed by atoms with Gasteiger partial charge in [0.05, 0.1) is 0 Å². The van der Waals surface area contributed by atoms with Gasteiger partial charge in [0.15, 0.2) is 0 Å². The fraction of sp³-hybridized carbons (Fsp3) is 0.900. The van der Waals surface area contributed by atoms with E-state index in [0.29, 0.717) is 19.5 Å². The maximum Gasteiger partial charge on any atom is 0.219 e. The highest BCUT2D eigenvalue weighted by Gasteiger charge is 1.99. The van der Waals surface area contributed by atoms with Gasteiger partial charge in [0.2, 0.25) is 5.91 Å². The van der Waals surface area contributed by atoms with Gasteiger partial charge in [-0.2, -0.15) is 0 Å². The van der Waals surface area contributed by atoms with Gasteiger partial charge in [-0.05, 0) is 32.2 Å². The van der Waals surface area contributed by atoms with Crippen molar-refractivity contribution in [3.63, 3.8) is 0 Å². The van der Waals surface area contributed by atoms with Gasteiger partial charge in [-0.3, -0.25) is 4.79 Å². The Bertz CT molecular complexity index is 126. The third-order valence-corrected chi connectivity index (χ3v) is 2.02. The molecule has 4 heteroatoms. The summed E-state index contributed by atoms with van der Waals surface area (Å²) in [7, 11) is 0. The molecule has 0 aromatic carbocycles. The molecule has 1 amide bonds. The summed E-state index contributed by atoms with van der Waals surface area (Å²) >= 11 is 0. The molecule has 0 heterocycles. The first-order valence-electron chi connectivity index (χ1n) is 5.39. The first-order chi connectivity index (χ1) is 6.81. The third kappa shape index (κ3) is 9.48. The maximum absolute atomic E-state index is 11.2. The van der Waals surface area contributed by atoms with Crippen LogP contribution in [0.4, 0.5) is 0 Å². The Hall–Kier alpha value is -0.610. The Morgan fingerprint density at radius 3 is 2.57 bits per heavy atom. The third-order valence-electron chi connectivity index (χ3n) is 2.02. The maximum atomic E-state index is 11.2. The van der Waals surface area contributed by atoms with Crippen molar-refractivity contribution in [3.8, 4) is 0 Å². The fourth-order valence-corrected chi connectivity index (χ4v) is 1.16. The molecule has 0 unspecified atom stereocenters. The molecule has 0 bridgehead atoms. The van der Waals surface area contributed by atoms with Crippen LogP contribution in [0, 0.1) is 0 Å². The molecule has 84 valence electrons. The van der Waals surface area contributed by atoms with Crippen LogP contribution in [0.3, 0.4) is 0 Å². The number of amides is 1. The Morgan fingerprint density at radius 1 is 1.14 bits per heavy atom. The quantitative estimate of drug-likeness (QED) is 0.474. The van der Waals surface area contributed by atoms with E-state index in [1.165, 1.54) is 0 Å². The molecule has 0 radical (unpaired) electrons. The minimum absolute atomic E-state index is 0.111. The lowest BCUT2D eigenvalue weighted by molar-refractivity contribution is -0.121. The normalized spacial score (nSPS) is 10.1. The average molecular weight is 202 g/mol. The standard InChI is InChI=1S/C10H22N2O2/c11-7-3-1-2-6-10(14)12-8-4-5-9-13/h13H,1-9,11H2,(H,12,14). The highest BCUT2D eigenvalue weighted by atomic mass is 16.2. The second kappa shape index (κ2) is 10.5. The summed E-state index contributed by atoms with van der Waals surface area (Å²) in [6, 6.07) is 0. The molecule has 0 rings (SSSR count). The molecule has 4 N–H and O–H groups in total. The van der Waals surface area contributed by atoms with Crippen LogP contribution in [0.2, 0.25) is 0 Å². The number of nitrogens with one attached hydrogen (secondary N) is 1. The largest absolute Gasteiger partial charge is 0.396 e. The monoisotopic (exact) mass is 202 g/mol. The van der Waals surface area contributed by atoms with Crippen molar-refractivity contribution in [2.24, 2.45) is 5.73 Å². The second-order valence-electron chi connectivity index (χ2n) is 3.38. The predicted octanol–water partition coefficient (Wildman–Crippen LogP) is 0.394. The van der Waals surface area contributed by atoms with Gasteiger partial charge in [-0.15, -0.1) is 0 Å². The molecule has 0 saturated carbocycles. The average Bonchev–Trinajstić information content (AvgIpc) is 2.19. The van der Waals surface area contributed by atoms with E-state index in [9.17, 15) is 4.79 Å². The van der Waals surface area contributed by atoms with E-state index >= 15 is 0 Å². The highest BCUT2D eigenvalue weighted by Crippen LogP contribution is 1.98. The molecule has 0 aromatic heterocycles. The van der Waals surface area contributed by atoms with Crippen LogP contribution in [0.15, 0.2) is 0 Å². The summed E-state index contributed by atoms with van der Waals surface area (Å²) in [5, 5.41) is 11.3. The van der Waals surface area contributed by atoms with E-state index in [1.807, 2.05) is 0 Å². The molecule has 0 saturated heterocycles. The minimum atomic E-state index is 0.111. The first kappa shape index (κ1) is 13.4. The van der Waals surface area contributed by atoms with E-state index in [0.717, 1.165) is 32.1 Å².